The Bertz CT molecular complexity index is 366. The Morgan fingerprint density at radius 3 is 2.72 bits per heavy atom. The van der Waals surface area contributed by atoms with Gasteiger partial charge in [0, 0.05) is 0 Å². The highest BCUT2D eigenvalue weighted by Gasteiger charge is 2.36. The Balaban J connectivity index is 2.34. The second-order valence-corrected chi connectivity index (χ2v) is 4.87. The number of rotatable bonds is 6. The summed E-state index contributed by atoms with van der Waals surface area (Å²) in [6.45, 7) is 6.23. The maximum absolute atomic E-state index is 11.4. The van der Waals surface area contributed by atoms with Crippen LogP contribution < -0.4 is 0 Å². The van der Waals surface area contributed by atoms with Crippen molar-refractivity contribution in [3.8, 4) is 0 Å². The van der Waals surface area contributed by atoms with E-state index in [1.54, 1.807) is 0 Å². The minimum absolute atomic E-state index is 0.0696. The molecule has 1 heterocycles. The molecule has 100 valence electrons. The van der Waals surface area contributed by atoms with Crippen molar-refractivity contribution < 1.29 is 14.3 Å². The van der Waals surface area contributed by atoms with Crippen LogP contribution >= 0.6 is 0 Å². The summed E-state index contributed by atoms with van der Waals surface area (Å²) in [7, 11) is 0. The van der Waals surface area contributed by atoms with Crippen LogP contribution in [0.3, 0.4) is 0 Å². The molecule has 0 spiro atoms. The molecular formula is C15H22O3. The zero-order valence-corrected chi connectivity index (χ0v) is 11.4. The summed E-state index contributed by atoms with van der Waals surface area (Å²) >= 11 is 0. The highest BCUT2D eigenvalue weighted by molar-refractivity contribution is 5.94. The van der Waals surface area contributed by atoms with Gasteiger partial charge in [0.15, 0.2) is 0 Å². The van der Waals surface area contributed by atoms with Crippen molar-refractivity contribution in [1.82, 2.24) is 0 Å². The molecular weight excluding hydrogens is 228 g/mol. The van der Waals surface area contributed by atoms with E-state index in [1.165, 1.54) is 5.57 Å². The maximum Gasteiger partial charge on any atom is 0.317 e. The van der Waals surface area contributed by atoms with Crippen LogP contribution in [0.1, 0.15) is 46.5 Å². The lowest BCUT2D eigenvalue weighted by Gasteiger charge is -2.09. The number of esters is 2. The molecule has 0 bridgehead atoms. The summed E-state index contributed by atoms with van der Waals surface area (Å²) < 4.78 is 4.55. The van der Waals surface area contributed by atoms with Crippen LogP contribution in [0, 0.1) is 11.8 Å². The van der Waals surface area contributed by atoms with E-state index in [4.69, 9.17) is 0 Å². The van der Waals surface area contributed by atoms with E-state index in [1.807, 2.05) is 13.0 Å². The largest absolute Gasteiger partial charge is 0.393 e. The molecule has 1 saturated heterocycles. The molecule has 1 fully saturated rings. The lowest BCUT2D eigenvalue weighted by molar-refractivity contribution is -0.153. The van der Waals surface area contributed by atoms with E-state index in [0.717, 1.165) is 19.3 Å². The van der Waals surface area contributed by atoms with Gasteiger partial charge in [-0.3, -0.25) is 9.59 Å². The number of cyclic esters (lactones) is 2. The number of hydrogen-bond donors (Lipinski definition) is 0. The van der Waals surface area contributed by atoms with E-state index in [2.05, 4.69) is 30.7 Å². The Morgan fingerprint density at radius 2 is 2.17 bits per heavy atom. The molecule has 1 aliphatic heterocycles. The molecule has 0 aromatic rings. The number of unbranched alkanes of at least 4 members (excludes halogenated alkanes) is 1. The van der Waals surface area contributed by atoms with Gasteiger partial charge in [-0.05, 0) is 32.1 Å². The highest BCUT2D eigenvalue weighted by Crippen LogP contribution is 2.25. The van der Waals surface area contributed by atoms with Gasteiger partial charge < -0.3 is 4.74 Å². The van der Waals surface area contributed by atoms with E-state index in [0.29, 0.717) is 0 Å². The molecule has 0 amide bonds. The fraction of sp³-hybridized carbons (Fsp3) is 0.600. The first-order chi connectivity index (χ1) is 8.54. The molecule has 0 aliphatic carbocycles. The van der Waals surface area contributed by atoms with Crippen LogP contribution in [0.2, 0.25) is 0 Å². The van der Waals surface area contributed by atoms with Gasteiger partial charge in [-0.25, -0.2) is 0 Å². The van der Waals surface area contributed by atoms with Crippen molar-refractivity contribution in [3.63, 3.8) is 0 Å². The molecule has 0 saturated carbocycles. The first-order valence-corrected chi connectivity index (χ1v) is 6.61. The summed E-state index contributed by atoms with van der Waals surface area (Å²) in [6.07, 6.45) is 9.64. The van der Waals surface area contributed by atoms with Crippen LogP contribution in [-0.2, 0) is 14.3 Å². The summed E-state index contributed by atoms with van der Waals surface area (Å²) in [4.78, 5) is 22.3. The van der Waals surface area contributed by atoms with E-state index in [-0.39, 0.29) is 24.2 Å². The smallest absolute Gasteiger partial charge is 0.317 e. The van der Waals surface area contributed by atoms with E-state index < -0.39 is 5.97 Å². The van der Waals surface area contributed by atoms with Crippen LogP contribution in [0.4, 0.5) is 0 Å². The third kappa shape index (κ3) is 4.47. The minimum Gasteiger partial charge on any atom is -0.393 e. The predicted molar refractivity (Wildman–Crippen MR) is 70.8 cm³/mol. The number of carbonyl (C=O) groups is 2. The molecule has 0 radical (unpaired) electrons. The fourth-order valence-electron chi connectivity index (χ4n) is 1.91. The van der Waals surface area contributed by atoms with Gasteiger partial charge in [-0.15, -0.1) is 0 Å². The highest BCUT2D eigenvalue weighted by atomic mass is 16.6. The van der Waals surface area contributed by atoms with E-state index in [9.17, 15) is 9.59 Å². The minimum atomic E-state index is -0.397. The lowest BCUT2D eigenvalue weighted by Crippen LogP contribution is -2.14. The third-order valence-corrected chi connectivity index (χ3v) is 3.36. The average molecular weight is 250 g/mol. The van der Waals surface area contributed by atoms with Gasteiger partial charge in [0.25, 0.3) is 0 Å². The molecule has 2 unspecified atom stereocenters. The van der Waals surface area contributed by atoms with Gasteiger partial charge in [-0.1, -0.05) is 37.6 Å². The van der Waals surface area contributed by atoms with Gasteiger partial charge in [0.2, 0.25) is 0 Å². The zero-order chi connectivity index (χ0) is 13.5. The molecule has 2 atom stereocenters. The SMILES string of the molecule is CC/C(C)=C/CC/C=C/C(C)C1CC(=O)OC1=O. The molecule has 0 aromatic carbocycles. The Kier molecular flexibility index (Phi) is 5.83. The van der Waals surface area contributed by atoms with E-state index >= 15 is 0 Å². The van der Waals surface area contributed by atoms with Crippen LogP contribution in [-0.4, -0.2) is 11.9 Å². The van der Waals surface area contributed by atoms with Crippen LogP contribution in [0.5, 0.6) is 0 Å². The van der Waals surface area contributed by atoms with Gasteiger partial charge in [-0.2, -0.15) is 0 Å². The second kappa shape index (κ2) is 7.14. The maximum atomic E-state index is 11.4. The van der Waals surface area contributed by atoms with Crippen LogP contribution in [0.15, 0.2) is 23.8 Å². The third-order valence-electron chi connectivity index (χ3n) is 3.36. The summed E-state index contributed by atoms with van der Waals surface area (Å²) in [6, 6.07) is 0. The summed E-state index contributed by atoms with van der Waals surface area (Å²) in [5.41, 5.74) is 1.40. The topological polar surface area (TPSA) is 43.4 Å². The second-order valence-electron chi connectivity index (χ2n) is 4.87. The number of carbonyl (C=O) groups excluding carboxylic acids is 2. The quantitative estimate of drug-likeness (QED) is 0.314. The molecule has 0 N–H and O–H groups in total. The van der Waals surface area contributed by atoms with Gasteiger partial charge in [0.05, 0.1) is 12.3 Å². The molecule has 3 heteroatoms. The molecule has 1 rings (SSSR count). The number of allylic oxidation sites excluding steroid dienone is 4. The molecule has 3 nitrogen and oxygen atoms in total. The molecule has 18 heavy (non-hydrogen) atoms. The fourth-order valence-corrected chi connectivity index (χ4v) is 1.91. The van der Waals surface area contributed by atoms with Crippen molar-refractivity contribution in [3.05, 3.63) is 23.8 Å². The summed E-state index contributed by atoms with van der Waals surface area (Å²) in [5.74, 6) is -0.993. The molecule has 0 aromatic heterocycles. The Morgan fingerprint density at radius 1 is 1.44 bits per heavy atom. The van der Waals surface area contributed by atoms with Crippen molar-refractivity contribution in [2.45, 2.75) is 46.5 Å². The first-order valence-electron chi connectivity index (χ1n) is 6.61. The Labute approximate surface area is 109 Å². The van der Waals surface area contributed by atoms with Gasteiger partial charge >= 0.3 is 11.9 Å². The Hall–Kier alpha value is -1.38. The van der Waals surface area contributed by atoms with Crippen LogP contribution in [0.25, 0.3) is 0 Å². The summed E-state index contributed by atoms with van der Waals surface area (Å²) in [5, 5.41) is 0. The number of ether oxygens (including phenoxy) is 1. The van der Waals surface area contributed by atoms with Crippen molar-refractivity contribution in [1.29, 1.82) is 0 Å². The first kappa shape index (κ1) is 14.7. The van der Waals surface area contributed by atoms with Crippen molar-refractivity contribution in [2.75, 3.05) is 0 Å². The molecule has 1 aliphatic rings. The number of hydrogen-bond acceptors (Lipinski definition) is 3. The van der Waals surface area contributed by atoms with Crippen molar-refractivity contribution >= 4 is 11.9 Å². The van der Waals surface area contributed by atoms with Gasteiger partial charge in [0.1, 0.15) is 0 Å². The average Bonchev–Trinajstić information content (AvgIpc) is 2.67. The monoisotopic (exact) mass is 250 g/mol. The van der Waals surface area contributed by atoms with Crippen molar-refractivity contribution in [2.24, 2.45) is 11.8 Å². The normalized spacial score (nSPS) is 22.6. The lowest BCUT2D eigenvalue weighted by atomic mass is 9.92. The zero-order valence-electron chi connectivity index (χ0n) is 11.4. The predicted octanol–water partition coefficient (Wildman–Crippen LogP) is 3.40. The standard InChI is InChI=1S/C15H22O3/c1-4-11(2)8-6-5-7-9-12(3)13-10-14(16)18-15(13)17/h7-9,12-13H,4-6,10H2,1-3H3/b9-7+,11-8+.